The van der Waals surface area contributed by atoms with Gasteiger partial charge >= 0.3 is 0 Å². The lowest BCUT2D eigenvalue weighted by molar-refractivity contribution is -0.168. The van der Waals surface area contributed by atoms with Crippen molar-refractivity contribution in [1.29, 1.82) is 0 Å². The summed E-state index contributed by atoms with van der Waals surface area (Å²) in [5.74, 6) is 0.430. The first-order valence-corrected chi connectivity index (χ1v) is 8.43. The van der Waals surface area contributed by atoms with Crippen LogP contribution in [0.15, 0.2) is 24.3 Å². The summed E-state index contributed by atoms with van der Waals surface area (Å²) in [6.07, 6.45) is 0.610. The maximum atomic E-state index is 13.0. The molecule has 1 aliphatic carbocycles. The highest BCUT2D eigenvalue weighted by Crippen LogP contribution is 2.50. The average Bonchev–Trinajstić information content (AvgIpc) is 2.53. The Morgan fingerprint density at radius 3 is 2.35 bits per heavy atom. The van der Waals surface area contributed by atoms with Crippen LogP contribution in [0, 0.1) is 5.41 Å². The van der Waals surface area contributed by atoms with E-state index in [9.17, 15) is 4.79 Å². The summed E-state index contributed by atoms with van der Waals surface area (Å²) in [7, 11) is 1.80. The van der Waals surface area contributed by atoms with E-state index in [-0.39, 0.29) is 17.4 Å². The minimum Gasteiger partial charge on any atom is -0.378 e. The maximum Gasteiger partial charge on any atom is 0.247 e. The standard InChI is InChI=1S/C19H30N2O2/c1-7-23-16-12-19(20,18(16,4)5)17(22)21(6)15-10-8-14(9-11-15)13(2)3/h8-11,13,16H,7,12,20H2,1-6H3. The van der Waals surface area contributed by atoms with Crippen molar-refractivity contribution in [3.8, 4) is 0 Å². The van der Waals surface area contributed by atoms with E-state index < -0.39 is 5.54 Å². The van der Waals surface area contributed by atoms with Crippen LogP contribution in [-0.2, 0) is 9.53 Å². The summed E-state index contributed by atoms with van der Waals surface area (Å²) >= 11 is 0. The molecule has 0 aliphatic heterocycles. The van der Waals surface area contributed by atoms with E-state index in [4.69, 9.17) is 10.5 Å². The van der Waals surface area contributed by atoms with Crippen LogP contribution in [-0.4, -0.2) is 31.2 Å². The summed E-state index contributed by atoms with van der Waals surface area (Å²) in [6, 6.07) is 8.12. The number of ether oxygens (including phenoxy) is 1. The molecule has 4 nitrogen and oxygen atoms in total. The first-order chi connectivity index (χ1) is 10.6. The lowest BCUT2D eigenvalue weighted by atomic mass is 9.54. The second kappa shape index (κ2) is 6.25. The molecule has 1 aromatic carbocycles. The molecule has 0 heterocycles. The van der Waals surface area contributed by atoms with E-state index in [1.54, 1.807) is 11.9 Å². The molecule has 0 bridgehead atoms. The van der Waals surface area contributed by atoms with Crippen LogP contribution in [0.4, 0.5) is 5.69 Å². The second-order valence-corrected chi connectivity index (χ2v) is 7.45. The Morgan fingerprint density at radius 1 is 1.35 bits per heavy atom. The molecule has 23 heavy (non-hydrogen) atoms. The van der Waals surface area contributed by atoms with Crippen molar-refractivity contribution in [3.05, 3.63) is 29.8 Å². The predicted molar refractivity (Wildman–Crippen MR) is 94.7 cm³/mol. The fourth-order valence-corrected chi connectivity index (χ4v) is 3.30. The molecule has 2 rings (SSSR count). The van der Waals surface area contributed by atoms with Crippen LogP contribution in [0.2, 0.25) is 0 Å². The van der Waals surface area contributed by atoms with Gasteiger partial charge in [-0.05, 0) is 30.5 Å². The molecule has 128 valence electrons. The number of amides is 1. The molecule has 1 fully saturated rings. The van der Waals surface area contributed by atoms with Gasteiger partial charge in [-0.1, -0.05) is 39.8 Å². The zero-order chi connectivity index (χ0) is 17.4. The number of nitrogens with zero attached hydrogens (tertiary/aromatic N) is 1. The van der Waals surface area contributed by atoms with Crippen LogP contribution < -0.4 is 10.6 Å². The van der Waals surface area contributed by atoms with Crippen LogP contribution in [0.1, 0.15) is 52.5 Å². The third kappa shape index (κ3) is 2.90. The lowest BCUT2D eigenvalue weighted by Gasteiger charge is -2.58. The van der Waals surface area contributed by atoms with Gasteiger partial charge in [-0.3, -0.25) is 4.79 Å². The van der Waals surface area contributed by atoms with Gasteiger partial charge in [-0.15, -0.1) is 0 Å². The Labute approximate surface area is 140 Å². The van der Waals surface area contributed by atoms with Crippen molar-refractivity contribution < 1.29 is 9.53 Å². The Balaban J connectivity index is 2.17. The van der Waals surface area contributed by atoms with Gasteiger partial charge in [-0.25, -0.2) is 0 Å². The van der Waals surface area contributed by atoms with E-state index in [2.05, 4.69) is 26.0 Å². The molecular formula is C19H30N2O2. The van der Waals surface area contributed by atoms with E-state index in [0.717, 1.165) is 5.69 Å². The largest absolute Gasteiger partial charge is 0.378 e. The Bertz CT molecular complexity index is 565. The number of benzene rings is 1. The van der Waals surface area contributed by atoms with Crippen molar-refractivity contribution in [2.45, 2.75) is 58.6 Å². The highest BCUT2D eigenvalue weighted by molar-refractivity contribution is 6.01. The zero-order valence-electron chi connectivity index (χ0n) is 15.2. The molecule has 2 unspecified atom stereocenters. The van der Waals surface area contributed by atoms with Gasteiger partial charge < -0.3 is 15.4 Å². The lowest BCUT2D eigenvalue weighted by Crippen LogP contribution is -2.75. The molecule has 1 aromatic rings. The molecule has 0 saturated heterocycles. The van der Waals surface area contributed by atoms with Gasteiger partial charge in [0.2, 0.25) is 5.91 Å². The molecule has 1 amide bonds. The Morgan fingerprint density at radius 2 is 1.91 bits per heavy atom. The van der Waals surface area contributed by atoms with Gasteiger partial charge in [0.25, 0.3) is 0 Å². The number of nitrogens with two attached hydrogens (primary N) is 1. The summed E-state index contributed by atoms with van der Waals surface area (Å²) in [5.41, 5.74) is 7.38. The molecule has 1 aliphatic rings. The van der Waals surface area contributed by atoms with E-state index in [1.807, 2.05) is 32.9 Å². The first-order valence-electron chi connectivity index (χ1n) is 8.43. The zero-order valence-corrected chi connectivity index (χ0v) is 15.2. The summed E-state index contributed by atoms with van der Waals surface area (Å²) in [5, 5.41) is 0. The van der Waals surface area contributed by atoms with Gasteiger partial charge in [0, 0.05) is 31.2 Å². The highest BCUT2D eigenvalue weighted by atomic mass is 16.5. The number of hydrogen-bond donors (Lipinski definition) is 1. The number of anilines is 1. The summed E-state index contributed by atoms with van der Waals surface area (Å²) in [4.78, 5) is 14.7. The Hall–Kier alpha value is -1.39. The van der Waals surface area contributed by atoms with Crippen molar-refractivity contribution in [3.63, 3.8) is 0 Å². The predicted octanol–water partition coefficient (Wildman–Crippen LogP) is 3.31. The monoisotopic (exact) mass is 318 g/mol. The molecule has 1 saturated carbocycles. The minimum atomic E-state index is -0.877. The second-order valence-electron chi connectivity index (χ2n) is 7.45. The topological polar surface area (TPSA) is 55.6 Å². The van der Waals surface area contributed by atoms with E-state index in [0.29, 0.717) is 18.9 Å². The van der Waals surface area contributed by atoms with Gasteiger partial charge in [-0.2, -0.15) is 0 Å². The number of likely N-dealkylation sites (N-methyl/N-ethyl adjacent to an activating group) is 1. The van der Waals surface area contributed by atoms with E-state index in [1.165, 1.54) is 5.56 Å². The molecule has 4 heteroatoms. The van der Waals surface area contributed by atoms with Crippen LogP contribution in [0.5, 0.6) is 0 Å². The average molecular weight is 318 g/mol. The number of hydrogen-bond acceptors (Lipinski definition) is 3. The third-order valence-electron chi connectivity index (χ3n) is 5.46. The van der Waals surface area contributed by atoms with Crippen molar-refractivity contribution >= 4 is 11.6 Å². The Kier molecular flexibility index (Phi) is 4.88. The molecule has 2 atom stereocenters. The maximum absolute atomic E-state index is 13.0. The van der Waals surface area contributed by atoms with Crippen LogP contribution >= 0.6 is 0 Å². The third-order valence-corrected chi connectivity index (χ3v) is 5.46. The van der Waals surface area contributed by atoms with Crippen molar-refractivity contribution in [2.24, 2.45) is 11.1 Å². The quantitative estimate of drug-likeness (QED) is 0.906. The smallest absolute Gasteiger partial charge is 0.247 e. The SMILES string of the molecule is CCOC1CC(N)(C(=O)N(C)c2ccc(C(C)C)cc2)C1(C)C. The van der Waals surface area contributed by atoms with Crippen molar-refractivity contribution in [2.75, 3.05) is 18.6 Å². The highest BCUT2D eigenvalue weighted by Gasteiger charge is 2.63. The minimum absolute atomic E-state index is 0.0400. The van der Waals surface area contributed by atoms with Gasteiger partial charge in [0.1, 0.15) is 5.54 Å². The molecule has 0 spiro atoms. The normalized spacial score (nSPS) is 26.0. The number of carbonyl (C=O) groups excluding carboxylic acids is 1. The van der Waals surface area contributed by atoms with Gasteiger partial charge in [0.05, 0.1) is 6.10 Å². The fourth-order valence-electron chi connectivity index (χ4n) is 3.30. The number of carbonyl (C=O) groups is 1. The summed E-state index contributed by atoms with van der Waals surface area (Å²) in [6.45, 7) is 11.0. The molecular weight excluding hydrogens is 288 g/mol. The van der Waals surface area contributed by atoms with Crippen molar-refractivity contribution in [1.82, 2.24) is 0 Å². The summed E-state index contributed by atoms with van der Waals surface area (Å²) < 4.78 is 5.72. The first kappa shape index (κ1) is 18.0. The van der Waals surface area contributed by atoms with E-state index >= 15 is 0 Å². The number of rotatable bonds is 5. The fraction of sp³-hybridized carbons (Fsp3) is 0.632. The molecule has 2 N–H and O–H groups in total. The molecule has 0 radical (unpaired) electrons. The molecule has 0 aromatic heterocycles. The van der Waals surface area contributed by atoms with Gasteiger partial charge in [0.15, 0.2) is 0 Å². The van der Waals surface area contributed by atoms with Crippen LogP contribution in [0.25, 0.3) is 0 Å². The van der Waals surface area contributed by atoms with Crippen LogP contribution in [0.3, 0.4) is 0 Å².